The van der Waals surface area contributed by atoms with Gasteiger partial charge in [-0.15, -0.1) is 0 Å². The summed E-state index contributed by atoms with van der Waals surface area (Å²) in [5, 5.41) is 2.83. The molecule has 0 unspecified atom stereocenters. The lowest BCUT2D eigenvalue weighted by Crippen LogP contribution is -2.31. The summed E-state index contributed by atoms with van der Waals surface area (Å²) in [4.78, 5) is 22.2. The number of rotatable bonds is 5. The first kappa shape index (κ1) is 16.4. The Morgan fingerprint density at radius 2 is 1.84 bits per heavy atom. The van der Waals surface area contributed by atoms with E-state index in [1.54, 1.807) is 36.5 Å². The van der Waals surface area contributed by atoms with Crippen LogP contribution in [0, 0.1) is 0 Å². The van der Waals surface area contributed by atoms with Crippen molar-refractivity contribution in [2.45, 2.75) is 6.54 Å². The van der Waals surface area contributed by atoms with Crippen LogP contribution in [0.5, 0.6) is 11.6 Å². The van der Waals surface area contributed by atoms with E-state index >= 15 is 0 Å². The fourth-order valence-electron chi connectivity index (χ4n) is 2.18. The van der Waals surface area contributed by atoms with Crippen LogP contribution in [-0.2, 0) is 6.54 Å². The van der Waals surface area contributed by atoms with E-state index in [0.717, 1.165) is 5.69 Å². The van der Waals surface area contributed by atoms with Gasteiger partial charge in [-0.1, -0.05) is 24.3 Å². The minimum absolute atomic E-state index is 0.234. The van der Waals surface area contributed by atoms with Crippen LogP contribution in [-0.4, -0.2) is 27.9 Å². The van der Waals surface area contributed by atoms with E-state index in [4.69, 9.17) is 4.74 Å². The number of amides is 2. The van der Waals surface area contributed by atoms with Crippen molar-refractivity contribution in [3.8, 4) is 11.6 Å². The molecule has 0 saturated carbocycles. The zero-order valence-corrected chi connectivity index (χ0v) is 13.8. The maximum absolute atomic E-state index is 12.3. The van der Waals surface area contributed by atoms with Crippen molar-refractivity contribution in [3.63, 3.8) is 0 Å². The van der Waals surface area contributed by atoms with Crippen LogP contribution in [0.3, 0.4) is 0 Å². The van der Waals surface area contributed by atoms with Crippen molar-refractivity contribution in [3.05, 3.63) is 78.8 Å². The van der Waals surface area contributed by atoms with Crippen LogP contribution < -0.4 is 10.1 Å². The maximum atomic E-state index is 12.3. The molecule has 0 radical (unpaired) electrons. The Balaban J connectivity index is 1.62. The largest absolute Gasteiger partial charge is 0.439 e. The van der Waals surface area contributed by atoms with Gasteiger partial charge in [0.2, 0.25) is 5.88 Å². The molecule has 0 aliphatic rings. The van der Waals surface area contributed by atoms with E-state index in [1.807, 2.05) is 48.5 Å². The molecule has 1 aromatic carbocycles. The van der Waals surface area contributed by atoms with Gasteiger partial charge in [0, 0.05) is 31.2 Å². The van der Waals surface area contributed by atoms with Crippen LogP contribution >= 0.6 is 0 Å². The van der Waals surface area contributed by atoms with Crippen molar-refractivity contribution in [1.82, 2.24) is 14.9 Å². The van der Waals surface area contributed by atoms with Gasteiger partial charge in [0.1, 0.15) is 5.75 Å². The van der Waals surface area contributed by atoms with Gasteiger partial charge in [-0.3, -0.25) is 4.98 Å². The van der Waals surface area contributed by atoms with Crippen LogP contribution in [0.2, 0.25) is 0 Å². The predicted molar refractivity (Wildman–Crippen MR) is 95.5 cm³/mol. The molecule has 3 rings (SSSR count). The molecule has 3 aromatic rings. The quantitative estimate of drug-likeness (QED) is 0.767. The highest BCUT2D eigenvalue weighted by molar-refractivity contribution is 5.89. The normalized spacial score (nSPS) is 10.1. The molecular weight excluding hydrogens is 316 g/mol. The highest BCUT2D eigenvalue weighted by Crippen LogP contribution is 2.21. The molecular formula is C19H18N4O2. The first-order valence-electron chi connectivity index (χ1n) is 7.82. The molecule has 0 fully saturated rings. The second-order valence-corrected chi connectivity index (χ2v) is 5.41. The molecule has 0 aliphatic carbocycles. The van der Waals surface area contributed by atoms with E-state index in [0.29, 0.717) is 23.9 Å². The number of carbonyl (C=O) groups excluding carboxylic acids is 1. The number of aromatic nitrogens is 2. The average Bonchev–Trinajstić information content (AvgIpc) is 2.63. The molecule has 25 heavy (non-hydrogen) atoms. The number of carbonyl (C=O) groups is 1. The van der Waals surface area contributed by atoms with Crippen LogP contribution in [0.4, 0.5) is 10.5 Å². The monoisotopic (exact) mass is 334 g/mol. The van der Waals surface area contributed by atoms with Crippen molar-refractivity contribution in [1.29, 1.82) is 0 Å². The summed E-state index contributed by atoms with van der Waals surface area (Å²) in [6.45, 7) is 0.422. The molecule has 2 aromatic heterocycles. The summed E-state index contributed by atoms with van der Waals surface area (Å²) < 4.78 is 5.67. The number of hydrogen-bond acceptors (Lipinski definition) is 4. The third kappa shape index (κ3) is 4.78. The van der Waals surface area contributed by atoms with E-state index in [1.165, 1.54) is 0 Å². The zero-order chi connectivity index (χ0) is 17.5. The molecule has 6 nitrogen and oxygen atoms in total. The van der Waals surface area contributed by atoms with Gasteiger partial charge in [-0.05, 0) is 30.3 Å². The maximum Gasteiger partial charge on any atom is 0.321 e. The van der Waals surface area contributed by atoms with Gasteiger partial charge in [-0.25, -0.2) is 9.78 Å². The van der Waals surface area contributed by atoms with Gasteiger partial charge >= 0.3 is 6.03 Å². The molecule has 2 amide bonds. The van der Waals surface area contributed by atoms with Crippen molar-refractivity contribution < 1.29 is 9.53 Å². The van der Waals surface area contributed by atoms with Crippen LogP contribution in [0.25, 0.3) is 0 Å². The number of nitrogens with zero attached hydrogens (tertiary/aromatic N) is 3. The SMILES string of the molecule is CN(Cc1ccccn1)C(=O)Nc1ccnc(Oc2ccccc2)c1. The molecule has 0 spiro atoms. The van der Waals surface area contributed by atoms with E-state index in [-0.39, 0.29) is 6.03 Å². The molecule has 1 N–H and O–H groups in total. The van der Waals surface area contributed by atoms with Gasteiger partial charge in [0.05, 0.1) is 12.2 Å². The fraction of sp³-hybridized carbons (Fsp3) is 0.105. The molecule has 0 atom stereocenters. The van der Waals surface area contributed by atoms with Gasteiger partial charge < -0.3 is 15.0 Å². The summed E-state index contributed by atoms with van der Waals surface area (Å²) in [6.07, 6.45) is 3.30. The van der Waals surface area contributed by atoms with Gasteiger partial charge in [-0.2, -0.15) is 0 Å². The van der Waals surface area contributed by atoms with E-state index < -0.39 is 0 Å². The highest BCUT2D eigenvalue weighted by Gasteiger charge is 2.10. The number of nitrogens with one attached hydrogen (secondary N) is 1. The molecule has 126 valence electrons. The molecule has 2 heterocycles. The first-order valence-corrected chi connectivity index (χ1v) is 7.82. The molecule has 0 aliphatic heterocycles. The number of hydrogen-bond donors (Lipinski definition) is 1. The van der Waals surface area contributed by atoms with Crippen molar-refractivity contribution in [2.24, 2.45) is 0 Å². The number of anilines is 1. The Labute approximate surface area is 146 Å². The Hall–Kier alpha value is -3.41. The lowest BCUT2D eigenvalue weighted by atomic mass is 10.3. The number of para-hydroxylation sites is 1. The molecule has 6 heteroatoms. The second kappa shape index (κ2) is 7.92. The third-order valence-electron chi connectivity index (χ3n) is 3.42. The summed E-state index contributed by atoms with van der Waals surface area (Å²) in [5.41, 5.74) is 1.43. The highest BCUT2D eigenvalue weighted by atomic mass is 16.5. The summed E-state index contributed by atoms with van der Waals surface area (Å²) in [7, 11) is 1.71. The third-order valence-corrected chi connectivity index (χ3v) is 3.42. The van der Waals surface area contributed by atoms with Crippen molar-refractivity contribution in [2.75, 3.05) is 12.4 Å². The molecule has 0 saturated heterocycles. The average molecular weight is 334 g/mol. The van der Waals surface area contributed by atoms with Gasteiger partial charge in [0.25, 0.3) is 0 Å². The summed E-state index contributed by atoms with van der Waals surface area (Å²) in [5.74, 6) is 1.10. The fourth-order valence-corrected chi connectivity index (χ4v) is 2.18. The van der Waals surface area contributed by atoms with Gasteiger partial charge in [0.15, 0.2) is 0 Å². The van der Waals surface area contributed by atoms with E-state index in [9.17, 15) is 4.79 Å². The topological polar surface area (TPSA) is 67.4 Å². The number of benzene rings is 1. The number of ether oxygens (including phenoxy) is 1. The second-order valence-electron chi connectivity index (χ2n) is 5.41. The lowest BCUT2D eigenvalue weighted by molar-refractivity contribution is 0.220. The summed E-state index contributed by atoms with van der Waals surface area (Å²) in [6, 6.07) is 18.1. The standard InChI is InChI=1S/C19H18N4O2/c1-23(14-16-7-5-6-11-20-16)19(24)22-15-10-12-21-18(13-15)25-17-8-3-2-4-9-17/h2-13H,14H2,1H3,(H,21,22,24). The predicted octanol–water partition coefficient (Wildman–Crippen LogP) is 3.93. The molecule has 0 bridgehead atoms. The number of pyridine rings is 2. The lowest BCUT2D eigenvalue weighted by Gasteiger charge is -2.17. The zero-order valence-electron chi connectivity index (χ0n) is 13.8. The smallest absolute Gasteiger partial charge is 0.321 e. The van der Waals surface area contributed by atoms with E-state index in [2.05, 4.69) is 15.3 Å². The van der Waals surface area contributed by atoms with Crippen molar-refractivity contribution >= 4 is 11.7 Å². The Bertz CT molecular complexity index is 825. The van der Waals surface area contributed by atoms with Crippen LogP contribution in [0.15, 0.2) is 73.1 Å². The Morgan fingerprint density at radius 3 is 2.60 bits per heavy atom. The van der Waals surface area contributed by atoms with Crippen LogP contribution in [0.1, 0.15) is 5.69 Å². The number of urea groups is 1. The first-order chi connectivity index (χ1) is 12.2. The minimum Gasteiger partial charge on any atom is -0.439 e. The Morgan fingerprint density at radius 1 is 1.04 bits per heavy atom. The Kier molecular flexibility index (Phi) is 5.21. The summed E-state index contributed by atoms with van der Waals surface area (Å²) >= 11 is 0. The minimum atomic E-state index is -0.234.